The number of methoxy groups -OCH3 is 1. The smallest absolute Gasteiger partial charge is 0.230 e. The van der Waals surface area contributed by atoms with E-state index in [0.717, 1.165) is 41.7 Å². The van der Waals surface area contributed by atoms with Crippen molar-refractivity contribution in [1.29, 1.82) is 0 Å². The summed E-state index contributed by atoms with van der Waals surface area (Å²) in [6.45, 7) is 7.84. The number of unbranched alkanes of at least 4 members (excludes halogenated alkanes) is 1. The largest absolute Gasteiger partial charge is 0.497 e. The minimum atomic E-state index is 0.0275. The highest BCUT2D eigenvalue weighted by molar-refractivity contribution is 7.99. The van der Waals surface area contributed by atoms with Crippen LogP contribution in [0, 0.1) is 5.92 Å². The van der Waals surface area contributed by atoms with E-state index >= 15 is 0 Å². The Morgan fingerprint density at radius 3 is 2.62 bits per heavy atom. The van der Waals surface area contributed by atoms with E-state index in [9.17, 15) is 4.79 Å². The highest BCUT2D eigenvalue weighted by Gasteiger charge is 2.15. The number of carbonyl (C=O) groups excluding carboxylic acids is 1. The fourth-order valence-corrected chi connectivity index (χ4v) is 3.16. The molecule has 0 unspecified atom stereocenters. The van der Waals surface area contributed by atoms with E-state index < -0.39 is 0 Å². The standard InChI is InChI=1S/C19H28N4O2S/c1-5-6-11-23-18(15-7-9-16(25-4)10-8-15)21-22-19(23)26-13-17(24)20-12-14(2)3/h7-10,14H,5-6,11-13H2,1-4H3,(H,20,24). The molecule has 0 radical (unpaired) electrons. The van der Waals surface area contributed by atoms with E-state index in [2.05, 4.69) is 40.9 Å². The molecule has 0 aliphatic heterocycles. The summed E-state index contributed by atoms with van der Waals surface area (Å²) in [6, 6.07) is 7.80. The average Bonchev–Trinajstić information content (AvgIpc) is 3.05. The van der Waals surface area contributed by atoms with Gasteiger partial charge in [-0.3, -0.25) is 4.79 Å². The molecule has 0 spiro atoms. The fraction of sp³-hybridized carbons (Fsp3) is 0.526. The molecule has 142 valence electrons. The molecule has 0 atom stereocenters. The third kappa shape index (κ3) is 5.76. The number of carbonyl (C=O) groups is 1. The van der Waals surface area contributed by atoms with Crippen molar-refractivity contribution in [3.63, 3.8) is 0 Å². The Balaban J connectivity index is 2.13. The number of hydrogen-bond acceptors (Lipinski definition) is 5. The molecule has 0 saturated carbocycles. The van der Waals surface area contributed by atoms with Gasteiger partial charge in [0.05, 0.1) is 12.9 Å². The number of hydrogen-bond donors (Lipinski definition) is 1. The minimum absolute atomic E-state index is 0.0275. The van der Waals surface area contributed by atoms with Crippen molar-refractivity contribution in [3.05, 3.63) is 24.3 Å². The molecule has 0 bridgehead atoms. The van der Waals surface area contributed by atoms with Gasteiger partial charge in [0, 0.05) is 18.7 Å². The molecule has 1 heterocycles. The van der Waals surface area contributed by atoms with E-state index in [-0.39, 0.29) is 5.91 Å². The first-order valence-electron chi connectivity index (χ1n) is 9.02. The first-order chi connectivity index (χ1) is 12.5. The number of ether oxygens (including phenoxy) is 1. The van der Waals surface area contributed by atoms with E-state index in [0.29, 0.717) is 18.2 Å². The van der Waals surface area contributed by atoms with Crippen molar-refractivity contribution in [1.82, 2.24) is 20.1 Å². The molecule has 0 fully saturated rings. The van der Waals surface area contributed by atoms with Gasteiger partial charge in [0.15, 0.2) is 11.0 Å². The summed E-state index contributed by atoms with van der Waals surface area (Å²) in [7, 11) is 1.65. The molecular weight excluding hydrogens is 348 g/mol. The minimum Gasteiger partial charge on any atom is -0.497 e. The van der Waals surface area contributed by atoms with Crippen LogP contribution in [0.3, 0.4) is 0 Å². The van der Waals surface area contributed by atoms with Gasteiger partial charge in [-0.15, -0.1) is 10.2 Å². The van der Waals surface area contributed by atoms with E-state index in [1.165, 1.54) is 11.8 Å². The Kier molecular flexibility index (Phi) is 7.97. The lowest BCUT2D eigenvalue weighted by Gasteiger charge is -2.10. The number of amides is 1. The molecule has 2 aromatic rings. The number of rotatable bonds is 10. The second-order valence-corrected chi connectivity index (χ2v) is 7.47. The summed E-state index contributed by atoms with van der Waals surface area (Å²) < 4.78 is 7.32. The highest BCUT2D eigenvalue weighted by Crippen LogP contribution is 2.26. The van der Waals surface area contributed by atoms with Crippen LogP contribution in [0.1, 0.15) is 33.6 Å². The van der Waals surface area contributed by atoms with E-state index in [4.69, 9.17) is 4.74 Å². The molecule has 1 aromatic heterocycles. The third-order valence-electron chi connectivity index (χ3n) is 3.84. The highest BCUT2D eigenvalue weighted by atomic mass is 32.2. The normalized spacial score (nSPS) is 11.0. The van der Waals surface area contributed by atoms with Crippen LogP contribution in [0.25, 0.3) is 11.4 Å². The second kappa shape index (κ2) is 10.2. The number of aromatic nitrogens is 3. The summed E-state index contributed by atoms with van der Waals surface area (Å²) in [5.41, 5.74) is 0.991. The SMILES string of the molecule is CCCCn1c(SCC(=O)NCC(C)C)nnc1-c1ccc(OC)cc1. The topological polar surface area (TPSA) is 69.0 Å². The van der Waals surface area contributed by atoms with Crippen molar-refractivity contribution in [2.45, 2.75) is 45.3 Å². The molecule has 0 saturated heterocycles. The predicted molar refractivity (Wildman–Crippen MR) is 105 cm³/mol. The Morgan fingerprint density at radius 2 is 2.00 bits per heavy atom. The van der Waals surface area contributed by atoms with Gasteiger partial charge in [-0.2, -0.15) is 0 Å². The molecule has 26 heavy (non-hydrogen) atoms. The third-order valence-corrected chi connectivity index (χ3v) is 4.81. The fourth-order valence-electron chi connectivity index (χ4n) is 2.37. The number of benzene rings is 1. The average molecular weight is 377 g/mol. The van der Waals surface area contributed by atoms with Crippen molar-refractivity contribution < 1.29 is 9.53 Å². The van der Waals surface area contributed by atoms with Gasteiger partial charge < -0.3 is 14.6 Å². The van der Waals surface area contributed by atoms with Gasteiger partial charge >= 0.3 is 0 Å². The molecule has 0 aliphatic carbocycles. The van der Waals surface area contributed by atoms with Gasteiger partial charge in [0.1, 0.15) is 5.75 Å². The van der Waals surface area contributed by atoms with Gasteiger partial charge in [0.25, 0.3) is 0 Å². The number of nitrogens with one attached hydrogen (secondary N) is 1. The lowest BCUT2D eigenvalue weighted by atomic mass is 10.2. The van der Waals surface area contributed by atoms with Crippen LogP contribution in [0.15, 0.2) is 29.4 Å². The van der Waals surface area contributed by atoms with Crippen LogP contribution in [0.2, 0.25) is 0 Å². The summed E-state index contributed by atoms with van der Waals surface area (Å²) in [6.07, 6.45) is 2.12. The zero-order valence-electron chi connectivity index (χ0n) is 16.0. The molecule has 7 heteroatoms. The van der Waals surface area contributed by atoms with E-state index in [1.54, 1.807) is 7.11 Å². The summed E-state index contributed by atoms with van der Waals surface area (Å²) >= 11 is 1.43. The second-order valence-electron chi connectivity index (χ2n) is 6.53. The summed E-state index contributed by atoms with van der Waals surface area (Å²) in [5.74, 6) is 2.45. The van der Waals surface area contributed by atoms with E-state index in [1.807, 2.05) is 24.3 Å². The first-order valence-corrected chi connectivity index (χ1v) is 10.0. The van der Waals surface area contributed by atoms with Crippen LogP contribution >= 0.6 is 11.8 Å². The van der Waals surface area contributed by atoms with Crippen molar-refractivity contribution in [2.24, 2.45) is 5.92 Å². The molecule has 6 nitrogen and oxygen atoms in total. The van der Waals surface area contributed by atoms with Gasteiger partial charge in [-0.1, -0.05) is 39.0 Å². The Hall–Kier alpha value is -2.02. The van der Waals surface area contributed by atoms with Crippen LogP contribution < -0.4 is 10.1 Å². The van der Waals surface area contributed by atoms with Crippen LogP contribution in [0.5, 0.6) is 5.75 Å². The molecule has 0 aliphatic rings. The monoisotopic (exact) mass is 376 g/mol. The molecule has 1 aromatic carbocycles. The lowest BCUT2D eigenvalue weighted by molar-refractivity contribution is -0.118. The zero-order valence-corrected chi connectivity index (χ0v) is 16.8. The molecular formula is C19H28N4O2S. The Morgan fingerprint density at radius 1 is 1.27 bits per heavy atom. The Bertz CT molecular complexity index is 698. The lowest BCUT2D eigenvalue weighted by Crippen LogP contribution is -2.28. The maximum atomic E-state index is 12.0. The summed E-state index contributed by atoms with van der Waals surface area (Å²) in [4.78, 5) is 12.0. The quantitative estimate of drug-likeness (QED) is 0.642. The van der Waals surface area contributed by atoms with Gasteiger partial charge in [-0.05, 0) is 36.6 Å². The van der Waals surface area contributed by atoms with Gasteiger partial charge in [-0.25, -0.2) is 0 Å². The van der Waals surface area contributed by atoms with Crippen molar-refractivity contribution in [3.8, 4) is 17.1 Å². The first kappa shape index (κ1) is 20.3. The molecule has 1 N–H and O–H groups in total. The van der Waals surface area contributed by atoms with Crippen LogP contribution in [-0.4, -0.2) is 40.1 Å². The summed E-state index contributed by atoms with van der Waals surface area (Å²) in [5, 5.41) is 12.4. The van der Waals surface area contributed by atoms with Crippen molar-refractivity contribution >= 4 is 17.7 Å². The maximum absolute atomic E-state index is 12.0. The maximum Gasteiger partial charge on any atom is 0.230 e. The predicted octanol–water partition coefficient (Wildman–Crippen LogP) is 3.62. The number of thioether (sulfide) groups is 1. The molecule has 2 rings (SSSR count). The Labute approximate surface area is 159 Å². The molecule has 1 amide bonds. The number of nitrogens with zero attached hydrogens (tertiary/aromatic N) is 3. The zero-order chi connectivity index (χ0) is 18.9. The van der Waals surface area contributed by atoms with Crippen LogP contribution in [-0.2, 0) is 11.3 Å². The van der Waals surface area contributed by atoms with Gasteiger partial charge in [0.2, 0.25) is 5.91 Å². The van der Waals surface area contributed by atoms with Crippen molar-refractivity contribution in [2.75, 3.05) is 19.4 Å². The van der Waals surface area contributed by atoms with Crippen LogP contribution in [0.4, 0.5) is 0 Å².